The first kappa shape index (κ1) is 12.6. The Morgan fingerprint density at radius 3 is 2.39 bits per heavy atom. The molecular formula is C12H12F3N3. The van der Waals surface area contributed by atoms with E-state index >= 15 is 0 Å². The summed E-state index contributed by atoms with van der Waals surface area (Å²) in [4.78, 5) is 0. The number of alkyl halides is 3. The zero-order chi connectivity index (χ0) is 13.2. The van der Waals surface area contributed by atoms with E-state index in [4.69, 9.17) is 0 Å². The van der Waals surface area contributed by atoms with Crippen LogP contribution in [0.4, 0.5) is 13.2 Å². The highest BCUT2D eigenvalue weighted by molar-refractivity contribution is 5.36. The average molecular weight is 255 g/mol. The first-order valence-electron chi connectivity index (χ1n) is 5.37. The van der Waals surface area contributed by atoms with Crippen molar-refractivity contribution in [3.8, 4) is 5.69 Å². The van der Waals surface area contributed by atoms with Crippen LogP contribution in [0.5, 0.6) is 0 Å². The zero-order valence-electron chi connectivity index (χ0n) is 9.70. The van der Waals surface area contributed by atoms with Crippen LogP contribution >= 0.6 is 0 Å². The van der Waals surface area contributed by atoms with Crippen LogP contribution in [0.3, 0.4) is 0 Å². The molecule has 0 saturated heterocycles. The molecule has 1 heterocycles. The summed E-state index contributed by atoms with van der Waals surface area (Å²) < 4.78 is 38.9. The maximum atomic E-state index is 12.4. The van der Waals surface area contributed by atoms with E-state index in [2.05, 4.69) is 10.4 Å². The van der Waals surface area contributed by atoms with E-state index in [0.717, 1.165) is 17.8 Å². The third kappa shape index (κ3) is 2.53. The van der Waals surface area contributed by atoms with Crippen molar-refractivity contribution in [2.24, 2.45) is 0 Å². The molecule has 6 heteroatoms. The molecule has 3 nitrogen and oxygen atoms in total. The summed E-state index contributed by atoms with van der Waals surface area (Å²) in [5, 5.41) is 7.07. The summed E-state index contributed by atoms with van der Waals surface area (Å²) in [7, 11) is 1.80. The SMILES string of the molecule is CNCc1ccnn1-c1ccc(C(F)(F)F)cc1. The Hall–Kier alpha value is -1.82. The van der Waals surface area contributed by atoms with Crippen molar-refractivity contribution in [3.05, 3.63) is 47.8 Å². The van der Waals surface area contributed by atoms with Gasteiger partial charge in [0.25, 0.3) is 0 Å². The number of nitrogens with one attached hydrogen (secondary N) is 1. The Labute approximate surface area is 102 Å². The smallest absolute Gasteiger partial charge is 0.314 e. The lowest BCUT2D eigenvalue weighted by Gasteiger charge is -2.09. The summed E-state index contributed by atoms with van der Waals surface area (Å²) in [5.41, 5.74) is 0.837. The predicted molar refractivity (Wildman–Crippen MR) is 61.3 cm³/mol. The van der Waals surface area contributed by atoms with Crippen LogP contribution in [0.25, 0.3) is 5.69 Å². The molecule has 0 fully saturated rings. The molecule has 1 aromatic heterocycles. The number of hydrogen-bond donors (Lipinski definition) is 1. The lowest BCUT2D eigenvalue weighted by molar-refractivity contribution is -0.137. The first-order valence-corrected chi connectivity index (χ1v) is 5.37. The summed E-state index contributed by atoms with van der Waals surface area (Å²) in [6.07, 6.45) is -2.69. The van der Waals surface area contributed by atoms with Gasteiger partial charge >= 0.3 is 6.18 Å². The number of halogens is 3. The van der Waals surface area contributed by atoms with Gasteiger partial charge < -0.3 is 5.32 Å². The van der Waals surface area contributed by atoms with E-state index in [1.165, 1.54) is 12.1 Å². The van der Waals surface area contributed by atoms with Gasteiger partial charge in [-0.25, -0.2) is 4.68 Å². The highest BCUT2D eigenvalue weighted by Gasteiger charge is 2.30. The van der Waals surface area contributed by atoms with Crippen molar-refractivity contribution in [2.45, 2.75) is 12.7 Å². The quantitative estimate of drug-likeness (QED) is 0.913. The van der Waals surface area contributed by atoms with Crippen molar-refractivity contribution in [1.82, 2.24) is 15.1 Å². The molecule has 96 valence electrons. The summed E-state index contributed by atoms with van der Waals surface area (Å²) >= 11 is 0. The topological polar surface area (TPSA) is 29.9 Å². The van der Waals surface area contributed by atoms with Crippen LogP contribution in [0, 0.1) is 0 Å². The predicted octanol–water partition coefficient (Wildman–Crippen LogP) is 2.61. The van der Waals surface area contributed by atoms with Crippen LogP contribution in [0.1, 0.15) is 11.3 Å². The van der Waals surface area contributed by atoms with E-state index in [0.29, 0.717) is 12.2 Å². The minimum Gasteiger partial charge on any atom is -0.314 e. The molecule has 2 rings (SSSR count). The number of nitrogens with zero attached hydrogens (tertiary/aromatic N) is 2. The number of benzene rings is 1. The van der Waals surface area contributed by atoms with E-state index in [9.17, 15) is 13.2 Å². The Morgan fingerprint density at radius 1 is 1.17 bits per heavy atom. The molecule has 0 bridgehead atoms. The number of rotatable bonds is 3. The van der Waals surface area contributed by atoms with E-state index < -0.39 is 11.7 Å². The van der Waals surface area contributed by atoms with Crippen LogP contribution in [0.2, 0.25) is 0 Å². The maximum absolute atomic E-state index is 12.4. The van der Waals surface area contributed by atoms with Gasteiger partial charge in [0.15, 0.2) is 0 Å². The molecule has 0 saturated carbocycles. The normalized spacial score (nSPS) is 11.8. The highest BCUT2D eigenvalue weighted by Crippen LogP contribution is 2.29. The fourth-order valence-electron chi connectivity index (χ4n) is 1.67. The lowest BCUT2D eigenvalue weighted by Crippen LogP contribution is -2.11. The zero-order valence-corrected chi connectivity index (χ0v) is 9.70. The molecule has 1 aromatic carbocycles. The second-order valence-corrected chi connectivity index (χ2v) is 3.81. The van der Waals surface area contributed by atoms with Crippen molar-refractivity contribution in [1.29, 1.82) is 0 Å². The van der Waals surface area contributed by atoms with Crippen molar-refractivity contribution >= 4 is 0 Å². The highest BCUT2D eigenvalue weighted by atomic mass is 19.4. The maximum Gasteiger partial charge on any atom is 0.416 e. The molecule has 0 aliphatic heterocycles. The van der Waals surface area contributed by atoms with Crippen molar-refractivity contribution in [3.63, 3.8) is 0 Å². The molecule has 18 heavy (non-hydrogen) atoms. The van der Waals surface area contributed by atoms with Crippen molar-refractivity contribution in [2.75, 3.05) is 7.05 Å². The van der Waals surface area contributed by atoms with E-state index in [1.807, 2.05) is 6.07 Å². The van der Waals surface area contributed by atoms with Gasteiger partial charge in [-0.1, -0.05) is 0 Å². The second kappa shape index (κ2) is 4.81. The fourth-order valence-corrected chi connectivity index (χ4v) is 1.67. The fraction of sp³-hybridized carbons (Fsp3) is 0.250. The minimum atomic E-state index is -4.31. The Kier molecular flexibility index (Phi) is 3.38. The van der Waals surface area contributed by atoms with E-state index in [-0.39, 0.29) is 0 Å². The standard InChI is InChI=1S/C12H12F3N3/c1-16-8-11-6-7-17-18(11)10-4-2-9(3-5-10)12(13,14)15/h2-7,16H,8H2,1H3. The summed E-state index contributed by atoms with van der Waals surface area (Å²) in [5.74, 6) is 0. The summed E-state index contributed by atoms with van der Waals surface area (Å²) in [6.45, 7) is 0.598. The molecule has 0 aliphatic rings. The molecule has 0 atom stereocenters. The Bertz CT molecular complexity index is 514. The minimum absolute atomic E-state index is 0.598. The second-order valence-electron chi connectivity index (χ2n) is 3.81. The third-order valence-electron chi connectivity index (χ3n) is 2.52. The third-order valence-corrected chi connectivity index (χ3v) is 2.52. The molecule has 0 unspecified atom stereocenters. The van der Waals surface area contributed by atoms with Gasteiger partial charge in [0.2, 0.25) is 0 Å². The lowest BCUT2D eigenvalue weighted by atomic mass is 10.2. The molecular weight excluding hydrogens is 243 g/mol. The number of aromatic nitrogens is 2. The molecule has 0 radical (unpaired) electrons. The molecule has 0 aliphatic carbocycles. The van der Waals surface area contributed by atoms with Gasteiger partial charge in [0.05, 0.1) is 16.9 Å². The first-order chi connectivity index (χ1) is 8.52. The average Bonchev–Trinajstić information content (AvgIpc) is 2.77. The van der Waals surface area contributed by atoms with Gasteiger partial charge in [0, 0.05) is 12.7 Å². The van der Waals surface area contributed by atoms with Gasteiger partial charge in [-0.2, -0.15) is 18.3 Å². The van der Waals surface area contributed by atoms with Gasteiger partial charge in [-0.15, -0.1) is 0 Å². The Morgan fingerprint density at radius 2 is 1.83 bits per heavy atom. The largest absolute Gasteiger partial charge is 0.416 e. The van der Waals surface area contributed by atoms with Gasteiger partial charge in [-0.05, 0) is 37.4 Å². The van der Waals surface area contributed by atoms with Gasteiger partial charge in [0.1, 0.15) is 0 Å². The van der Waals surface area contributed by atoms with E-state index in [1.54, 1.807) is 17.9 Å². The van der Waals surface area contributed by atoms with Crippen LogP contribution in [0.15, 0.2) is 36.5 Å². The van der Waals surface area contributed by atoms with Crippen LogP contribution in [-0.2, 0) is 12.7 Å². The molecule has 1 N–H and O–H groups in total. The van der Waals surface area contributed by atoms with Crippen molar-refractivity contribution < 1.29 is 13.2 Å². The Balaban J connectivity index is 2.32. The molecule has 0 amide bonds. The molecule has 0 spiro atoms. The summed E-state index contributed by atoms with van der Waals surface area (Å²) in [6, 6.07) is 6.75. The number of hydrogen-bond acceptors (Lipinski definition) is 2. The van der Waals surface area contributed by atoms with Gasteiger partial charge in [-0.3, -0.25) is 0 Å². The molecule has 2 aromatic rings. The van der Waals surface area contributed by atoms with Crippen LogP contribution in [-0.4, -0.2) is 16.8 Å². The monoisotopic (exact) mass is 255 g/mol. The van der Waals surface area contributed by atoms with Crippen LogP contribution < -0.4 is 5.32 Å².